The molecule has 1 aromatic carbocycles. The molecule has 0 spiro atoms. The van der Waals surface area contributed by atoms with Gasteiger partial charge in [-0.15, -0.1) is 0 Å². The number of benzene rings is 1. The summed E-state index contributed by atoms with van der Waals surface area (Å²) in [6.45, 7) is 12.0. The number of aliphatic imine (C=N–C) groups is 1. The molecule has 0 aromatic heterocycles. The first-order valence-electron chi connectivity index (χ1n) is 12.0. The highest BCUT2D eigenvalue weighted by Gasteiger charge is 2.30. The number of nitrogens with one attached hydrogen (secondary N) is 1. The highest BCUT2D eigenvalue weighted by atomic mass is 16.5. The van der Waals surface area contributed by atoms with E-state index in [2.05, 4.69) is 46.3 Å². The van der Waals surface area contributed by atoms with E-state index in [0.717, 1.165) is 84.4 Å². The van der Waals surface area contributed by atoms with E-state index in [9.17, 15) is 4.79 Å². The van der Waals surface area contributed by atoms with Crippen molar-refractivity contribution in [3.8, 4) is 0 Å². The van der Waals surface area contributed by atoms with Crippen LogP contribution in [0.15, 0.2) is 29.3 Å². The summed E-state index contributed by atoms with van der Waals surface area (Å²) in [7, 11) is 0. The van der Waals surface area contributed by atoms with Crippen LogP contribution in [-0.2, 0) is 27.4 Å². The molecule has 0 aliphatic carbocycles. The van der Waals surface area contributed by atoms with Gasteiger partial charge in [0.25, 0.3) is 5.91 Å². The zero-order chi connectivity index (χ0) is 22.2. The third kappa shape index (κ3) is 6.21. The lowest BCUT2D eigenvalue weighted by Crippen LogP contribution is -2.55. The van der Waals surface area contributed by atoms with E-state index in [-0.39, 0.29) is 12.0 Å². The van der Waals surface area contributed by atoms with Gasteiger partial charge in [0.05, 0.1) is 19.8 Å². The fraction of sp³-hybridized carbons (Fsp3) is 0.667. The number of carbonyl (C=O) groups excluding carboxylic acids is 1. The molecule has 1 aromatic rings. The van der Waals surface area contributed by atoms with Crippen molar-refractivity contribution in [1.29, 1.82) is 0 Å². The standard InChI is InChI=1S/C24H37N5O3/c1-2-25-24(29-11-9-28(10-12-29)23(30)22-4-3-15-32-22)26-18-20-5-7-21(8-6-20)19-27-13-16-31-17-14-27/h5-8,22H,2-4,9-19H2,1H3,(H,25,26). The Morgan fingerprint density at radius 1 is 1.00 bits per heavy atom. The number of carbonyl (C=O) groups is 1. The highest BCUT2D eigenvalue weighted by molar-refractivity contribution is 5.82. The summed E-state index contributed by atoms with van der Waals surface area (Å²) < 4.78 is 11.0. The molecule has 0 radical (unpaired) electrons. The molecule has 3 aliphatic rings. The van der Waals surface area contributed by atoms with Gasteiger partial charge in [0.1, 0.15) is 6.10 Å². The monoisotopic (exact) mass is 443 g/mol. The van der Waals surface area contributed by atoms with Crippen LogP contribution in [0.25, 0.3) is 0 Å². The van der Waals surface area contributed by atoms with Crippen LogP contribution in [0.5, 0.6) is 0 Å². The zero-order valence-corrected chi connectivity index (χ0v) is 19.3. The van der Waals surface area contributed by atoms with E-state index in [1.54, 1.807) is 0 Å². The molecule has 3 fully saturated rings. The Morgan fingerprint density at radius 3 is 2.34 bits per heavy atom. The molecule has 176 valence electrons. The first-order valence-corrected chi connectivity index (χ1v) is 12.0. The van der Waals surface area contributed by atoms with Crippen LogP contribution in [0.1, 0.15) is 30.9 Å². The van der Waals surface area contributed by atoms with E-state index in [1.165, 1.54) is 11.1 Å². The molecular formula is C24H37N5O3. The van der Waals surface area contributed by atoms with Gasteiger partial charge in [-0.3, -0.25) is 9.69 Å². The first kappa shape index (κ1) is 23.0. The molecule has 1 N–H and O–H groups in total. The predicted molar refractivity (Wildman–Crippen MR) is 124 cm³/mol. The van der Waals surface area contributed by atoms with Gasteiger partial charge >= 0.3 is 0 Å². The van der Waals surface area contributed by atoms with Crippen LogP contribution in [-0.4, -0.2) is 98.3 Å². The molecule has 3 heterocycles. The van der Waals surface area contributed by atoms with E-state index >= 15 is 0 Å². The van der Waals surface area contributed by atoms with Gasteiger partial charge in [-0.2, -0.15) is 0 Å². The first-order chi connectivity index (χ1) is 15.7. The van der Waals surface area contributed by atoms with Crippen LogP contribution >= 0.6 is 0 Å². The van der Waals surface area contributed by atoms with Crippen molar-refractivity contribution in [3.63, 3.8) is 0 Å². The van der Waals surface area contributed by atoms with E-state index in [0.29, 0.717) is 13.2 Å². The summed E-state index contributed by atoms with van der Waals surface area (Å²) in [6, 6.07) is 8.79. The van der Waals surface area contributed by atoms with Gasteiger partial charge in [-0.1, -0.05) is 24.3 Å². The van der Waals surface area contributed by atoms with Crippen LogP contribution in [0.2, 0.25) is 0 Å². The lowest BCUT2D eigenvalue weighted by molar-refractivity contribution is -0.142. The highest BCUT2D eigenvalue weighted by Crippen LogP contribution is 2.16. The molecule has 1 unspecified atom stereocenters. The summed E-state index contributed by atoms with van der Waals surface area (Å²) in [5.41, 5.74) is 2.54. The fourth-order valence-corrected chi connectivity index (χ4v) is 4.47. The smallest absolute Gasteiger partial charge is 0.251 e. The number of hydrogen-bond donors (Lipinski definition) is 1. The molecule has 8 nitrogen and oxygen atoms in total. The minimum atomic E-state index is -0.227. The summed E-state index contributed by atoms with van der Waals surface area (Å²) in [4.78, 5) is 24.1. The van der Waals surface area contributed by atoms with Gasteiger partial charge in [0.15, 0.2) is 5.96 Å². The molecule has 1 atom stereocenters. The molecule has 4 rings (SSSR count). The Hall–Kier alpha value is -2.16. The Kier molecular flexibility index (Phi) is 8.36. The van der Waals surface area contributed by atoms with Gasteiger partial charge < -0.3 is 24.6 Å². The normalized spacial score (nSPS) is 22.9. The molecule has 0 bridgehead atoms. The Balaban J connectivity index is 1.28. The SMILES string of the molecule is CCNC(=NCc1ccc(CN2CCOCC2)cc1)N1CCN(C(=O)C2CCCO2)CC1. The number of rotatable bonds is 6. The molecule has 3 aliphatic heterocycles. The Labute approximate surface area is 191 Å². The van der Waals surface area contributed by atoms with E-state index in [1.807, 2.05) is 4.90 Å². The Bertz CT molecular complexity index is 749. The number of piperazine rings is 1. The number of morpholine rings is 1. The summed E-state index contributed by atoms with van der Waals surface area (Å²) >= 11 is 0. The average molecular weight is 444 g/mol. The van der Waals surface area contributed by atoms with Crippen molar-refractivity contribution in [3.05, 3.63) is 35.4 Å². The summed E-state index contributed by atoms with van der Waals surface area (Å²) in [6.07, 6.45) is 1.62. The molecule has 0 saturated carbocycles. The second-order valence-electron chi connectivity index (χ2n) is 8.69. The number of nitrogens with zero attached hydrogens (tertiary/aromatic N) is 4. The van der Waals surface area contributed by atoms with Crippen molar-refractivity contribution in [2.45, 2.75) is 39.0 Å². The average Bonchev–Trinajstić information content (AvgIpc) is 3.38. The van der Waals surface area contributed by atoms with Gasteiger partial charge in [0.2, 0.25) is 0 Å². The molecule has 1 amide bonds. The molecule has 3 saturated heterocycles. The summed E-state index contributed by atoms with van der Waals surface area (Å²) in [5.74, 6) is 1.08. The number of ether oxygens (including phenoxy) is 2. The quantitative estimate of drug-likeness (QED) is 0.528. The van der Waals surface area contributed by atoms with Gasteiger partial charge in [-0.25, -0.2) is 4.99 Å². The lowest BCUT2D eigenvalue weighted by atomic mass is 10.1. The minimum Gasteiger partial charge on any atom is -0.379 e. The fourth-order valence-electron chi connectivity index (χ4n) is 4.47. The topological polar surface area (TPSA) is 69.6 Å². The molecular weight excluding hydrogens is 406 g/mol. The van der Waals surface area contributed by atoms with Crippen LogP contribution in [0.4, 0.5) is 0 Å². The number of hydrogen-bond acceptors (Lipinski definition) is 5. The van der Waals surface area contributed by atoms with Crippen molar-refractivity contribution >= 4 is 11.9 Å². The lowest BCUT2D eigenvalue weighted by Gasteiger charge is -2.37. The largest absolute Gasteiger partial charge is 0.379 e. The third-order valence-corrected chi connectivity index (χ3v) is 6.38. The van der Waals surface area contributed by atoms with Gasteiger partial charge in [0, 0.05) is 59.0 Å². The van der Waals surface area contributed by atoms with Crippen molar-refractivity contribution in [2.24, 2.45) is 4.99 Å². The van der Waals surface area contributed by atoms with Crippen molar-refractivity contribution in [1.82, 2.24) is 20.0 Å². The number of amides is 1. The van der Waals surface area contributed by atoms with Crippen molar-refractivity contribution in [2.75, 3.05) is 65.6 Å². The maximum absolute atomic E-state index is 12.6. The Morgan fingerprint density at radius 2 is 1.69 bits per heavy atom. The van der Waals surface area contributed by atoms with Gasteiger partial charge in [-0.05, 0) is 30.9 Å². The zero-order valence-electron chi connectivity index (χ0n) is 19.3. The third-order valence-electron chi connectivity index (χ3n) is 6.38. The minimum absolute atomic E-state index is 0.154. The predicted octanol–water partition coefficient (Wildman–Crippen LogP) is 1.31. The van der Waals surface area contributed by atoms with E-state index < -0.39 is 0 Å². The van der Waals surface area contributed by atoms with Crippen LogP contribution in [0.3, 0.4) is 0 Å². The van der Waals surface area contributed by atoms with Crippen LogP contribution < -0.4 is 5.32 Å². The second-order valence-corrected chi connectivity index (χ2v) is 8.69. The maximum atomic E-state index is 12.6. The maximum Gasteiger partial charge on any atom is 0.251 e. The molecule has 8 heteroatoms. The van der Waals surface area contributed by atoms with Crippen LogP contribution in [0, 0.1) is 0 Å². The van der Waals surface area contributed by atoms with Crippen molar-refractivity contribution < 1.29 is 14.3 Å². The molecule has 32 heavy (non-hydrogen) atoms. The second kappa shape index (κ2) is 11.6. The van der Waals surface area contributed by atoms with E-state index in [4.69, 9.17) is 14.5 Å². The summed E-state index contributed by atoms with van der Waals surface area (Å²) in [5, 5.41) is 3.42. The number of guanidine groups is 1.